The van der Waals surface area contributed by atoms with Crippen LogP contribution in [-0.4, -0.2) is 9.97 Å². The third-order valence-corrected chi connectivity index (χ3v) is 2.43. The number of nitrogens with zero attached hydrogens (tertiary/aromatic N) is 2. The smallest absolute Gasteiger partial charge is 0.324 e. The van der Waals surface area contributed by atoms with Crippen molar-refractivity contribution < 1.29 is 13.2 Å². The van der Waals surface area contributed by atoms with Gasteiger partial charge in [-0.1, -0.05) is 18.2 Å². The fourth-order valence-electron chi connectivity index (χ4n) is 1.58. The molecule has 0 radical (unpaired) electrons. The first-order chi connectivity index (χ1) is 8.52. The van der Waals surface area contributed by atoms with Gasteiger partial charge in [0.1, 0.15) is 5.82 Å². The molecule has 19 heavy (non-hydrogen) atoms. The molecule has 102 valence electrons. The maximum atomic E-state index is 12.8. The number of hydrogen-bond donors (Lipinski definition) is 1. The molecule has 7 heteroatoms. The molecule has 1 aromatic carbocycles. The maximum Gasteiger partial charge on any atom is 0.417 e. The highest BCUT2D eigenvalue weighted by Gasteiger charge is 2.33. The van der Waals surface area contributed by atoms with Crippen LogP contribution in [0.15, 0.2) is 36.7 Å². The average molecular weight is 290 g/mol. The molecule has 0 aliphatic heterocycles. The standard InChI is InChI=1S/C12H10F3N3.ClH/c13-12(14,15)10-4-2-1-3-9(10)8-6-17-11(5-16)18-7-8;/h1-4,6-7H,5,16H2;1H. The lowest BCUT2D eigenvalue weighted by molar-refractivity contribution is -0.137. The Balaban J connectivity index is 0.00000180. The second-order valence-electron chi connectivity index (χ2n) is 3.64. The summed E-state index contributed by atoms with van der Waals surface area (Å²) < 4.78 is 38.5. The highest BCUT2D eigenvalue weighted by molar-refractivity contribution is 5.85. The number of halogens is 4. The Bertz CT molecular complexity index is 541. The van der Waals surface area contributed by atoms with Crippen molar-refractivity contribution in [3.05, 3.63) is 48.0 Å². The van der Waals surface area contributed by atoms with Crippen molar-refractivity contribution >= 4 is 12.4 Å². The zero-order valence-electron chi connectivity index (χ0n) is 9.69. The summed E-state index contributed by atoms with van der Waals surface area (Å²) in [5.74, 6) is 0.392. The van der Waals surface area contributed by atoms with Crippen LogP contribution in [0.5, 0.6) is 0 Å². The molecule has 0 aliphatic rings. The Morgan fingerprint density at radius 1 is 1.05 bits per heavy atom. The van der Waals surface area contributed by atoms with Crippen LogP contribution in [0.2, 0.25) is 0 Å². The monoisotopic (exact) mass is 289 g/mol. The lowest BCUT2D eigenvalue weighted by Gasteiger charge is -2.12. The van der Waals surface area contributed by atoms with E-state index in [1.54, 1.807) is 6.07 Å². The minimum atomic E-state index is -4.40. The van der Waals surface area contributed by atoms with Crippen LogP contribution in [0, 0.1) is 0 Å². The Morgan fingerprint density at radius 2 is 1.63 bits per heavy atom. The molecule has 0 unspecified atom stereocenters. The average Bonchev–Trinajstić information content (AvgIpc) is 2.38. The second kappa shape index (κ2) is 5.99. The van der Waals surface area contributed by atoms with Crippen LogP contribution < -0.4 is 5.73 Å². The Kier molecular flexibility index (Phi) is 4.85. The van der Waals surface area contributed by atoms with Crippen molar-refractivity contribution in [2.45, 2.75) is 12.7 Å². The van der Waals surface area contributed by atoms with Crippen molar-refractivity contribution in [2.24, 2.45) is 5.73 Å². The first-order valence-electron chi connectivity index (χ1n) is 5.20. The lowest BCUT2D eigenvalue weighted by atomic mass is 10.0. The molecule has 2 aromatic rings. The van der Waals surface area contributed by atoms with Gasteiger partial charge in [0.25, 0.3) is 0 Å². The predicted molar refractivity (Wildman–Crippen MR) is 67.6 cm³/mol. The summed E-state index contributed by atoms with van der Waals surface area (Å²) in [6, 6.07) is 5.32. The Morgan fingerprint density at radius 3 is 2.16 bits per heavy atom. The van der Waals surface area contributed by atoms with E-state index in [2.05, 4.69) is 9.97 Å². The van der Waals surface area contributed by atoms with Gasteiger partial charge in [0.05, 0.1) is 12.1 Å². The minimum Gasteiger partial charge on any atom is -0.324 e. The van der Waals surface area contributed by atoms with E-state index >= 15 is 0 Å². The van der Waals surface area contributed by atoms with E-state index in [9.17, 15) is 13.2 Å². The van der Waals surface area contributed by atoms with Crippen molar-refractivity contribution in [3.8, 4) is 11.1 Å². The zero-order valence-corrected chi connectivity index (χ0v) is 10.5. The number of aromatic nitrogens is 2. The van der Waals surface area contributed by atoms with E-state index in [-0.39, 0.29) is 24.5 Å². The maximum absolute atomic E-state index is 12.8. The van der Waals surface area contributed by atoms with E-state index in [1.807, 2.05) is 0 Å². The van der Waals surface area contributed by atoms with Crippen LogP contribution in [-0.2, 0) is 12.7 Å². The number of alkyl halides is 3. The van der Waals surface area contributed by atoms with Crippen LogP contribution in [0.1, 0.15) is 11.4 Å². The van der Waals surface area contributed by atoms with E-state index in [4.69, 9.17) is 5.73 Å². The molecule has 0 bridgehead atoms. The third kappa shape index (κ3) is 3.42. The molecule has 2 N–H and O–H groups in total. The van der Waals surface area contributed by atoms with Gasteiger partial charge in [-0.3, -0.25) is 0 Å². The Labute approximate surface area is 114 Å². The summed E-state index contributed by atoms with van der Waals surface area (Å²) in [6.45, 7) is 0.154. The van der Waals surface area contributed by atoms with Gasteiger partial charge in [-0.2, -0.15) is 13.2 Å². The summed E-state index contributed by atoms with van der Waals surface area (Å²) in [4.78, 5) is 7.79. The molecular weight excluding hydrogens is 279 g/mol. The minimum absolute atomic E-state index is 0. The molecule has 2 rings (SSSR count). The van der Waals surface area contributed by atoms with Gasteiger partial charge in [-0.25, -0.2) is 9.97 Å². The molecule has 0 atom stereocenters. The van der Waals surface area contributed by atoms with E-state index in [1.165, 1.54) is 24.5 Å². The van der Waals surface area contributed by atoms with E-state index < -0.39 is 11.7 Å². The number of hydrogen-bond acceptors (Lipinski definition) is 3. The lowest BCUT2D eigenvalue weighted by Crippen LogP contribution is -2.07. The topological polar surface area (TPSA) is 51.8 Å². The molecule has 1 aromatic heterocycles. The molecule has 0 saturated carbocycles. The summed E-state index contributed by atoms with van der Waals surface area (Å²) >= 11 is 0. The quantitative estimate of drug-likeness (QED) is 0.924. The highest BCUT2D eigenvalue weighted by Crippen LogP contribution is 2.36. The molecular formula is C12H11ClF3N3. The molecule has 0 saturated heterocycles. The molecule has 1 heterocycles. The van der Waals surface area contributed by atoms with Gasteiger partial charge >= 0.3 is 6.18 Å². The van der Waals surface area contributed by atoms with Crippen LogP contribution >= 0.6 is 12.4 Å². The summed E-state index contributed by atoms with van der Waals surface area (Å²) in [6.07, 6.45) is -1.71. The van der Waals surface area contributed by atoms with Crippen molar-refractivity contribution in [2.75, 3.05) is 0 Å². The molecule has 0 amide bonds. The first-order valence-corrected chi connectivity index (χ1v) is 5.20. The van der Waals surface area contributed by atoms with Crippen LogP contribution in [0.4, 0.5) is 13.2 Å². The first kappa shape index (κ1) is 15.4. The summed E-state index contributed by atoms with van der Waals surface area (Å²) in [5.41, 5.74) is 5.02. The van der Waals surface area contributed by atoms with Gasteiger partial charge in [0.2, 0.25) is 0 Å². The van der Waals surface area contributed by atoms with Gasteiger partial charge in [-0.15, -0.1) is 12.4 Å². The van der Waals surface area contributed by atoms with E-state index in [0.29, 0.717) is 11.4 Å². The van der Waals surface area contributed by atoms with Gasteiger partial charge in [0.15, 0.2) is 0 Å². The molecule has 0 aliphatic carbocycles. The van der Waals surface area contributed by atoms with E-state index in [0.717, 1.165) is 6.07 Å². The highest BCUT2D eigenvalue weighted by atomic mass is 35.5. The molecule has 0 spiro atoms. The van der Waals surface area contributed by atoms with Gasteiger partial charge < -0.3 is 5.73 Å². The number of benzene rings is 1. The van der Waals surface area contributed by atoms with Gasteiger partial charge in [-0.05, 0) is 11.6 Å². The summed E-state index contributed by atoms with van der Waals surface area (Å²) in [5, 5.41) is 0. The zero-order chi connectivity index (χ0) is 13.2. The largest absolute Gasteiger partial charge is 0.417 e. The molecule has 0 fully saturated rings. The van der Waals surface area contributed by atoms with Crippen molar-refractivity contribution in [1.82, 2.24) is 9.97 Å². The third-order valence-electron chi connectivity index (χ3n) is 2.43. The second-order valence-corrected chi connectivity index (χ2v) is 3.64. The molecule has 3 nitrogen and oxygen atoms in total. The summed E-state index contributed by atoms with van der Waals surface area (Å²) in [7, 11) is 0. The number of nitrogens with two attached hydrogens (primary N) is 1. The van der Waals surface area contributed by atoms with Crippen LogP contribution in [0.25, 0.3) is 11.1 Å². The van der Waals surface area contributed by atoms with Gasteiger partial charge in [0, 0.05) is 18.0 Å². The van der Waals surface area contributed by atoms with Crippen molar-refractivity contribution in [3.63, 3.8) is 0 Å². The number of rotatable bonds is 2. The SMILES string of the molecule is Cl.NCc1ncc(-c2ccccc2C(F)(F)F)cn1. The van der Waals surface area contributed by atoms with Crippen molar-refractivity contribution in [1.29, 1.82) is 0 Å². The van der Waals surface area contributed by atoms with Crippen LogP contribution in [0.3, 0.4) is 0 Å². The fraction of sp³-hybridized carbons (Fsp3) is 0.167. The normalized spacial score (nSPS) is 10.9. The fourth-order valence-corrected chi connectivity index (χ4v) is 1.58. The predicted octanol–water partition coefficient (Wildman–Crippen LogP) is 3.04. The Hall–Kier alpha value is -1.66.